The molecule has 2 heterocycles. The Labute approximate surface area is 222 Å². The molecule has 0 saturated carbocycles. The van der Waals surface area contributed by atoms with Gasteiger partial charge in [-0.25, -0.2) is 27.4 Å². The summed E-state index contributed by atoms with van der Waals surface area (Å²) in [7, 11) is -2.59. The van der Waals surface area contributed by atoms with Crippen LogP contribution in [0.5, 0.6) is 5.88 Å². The van der Waals surface area contributed by atoms with Gasteiger partial charge in [0, 0.05) is 25.2 Å². The molecule has 12 heteroatoms. The standard InChI is InChI=1S/C26H35N5O6S/c1-26(2,3)37-25(33)30(4)13-16-14-31-23(36-15-16)22(12-27-31)38(34,35)29-24(32)28-21-11-17-7-5-8-18(17)19-9-6-10-20(19)21/h11-12,16H,5-10,13-15H2,1-4H3,(H2,28,29,32). The predicted molar refractivity (Wildman–Crippen MR) is 140 cm³/mol. The van der Waals surface area contributed by atoms with E-state index in [0.717, 1.165) is 44.1 Å². The molecular formula is C26H35N5O6S. The highest BCUT2D eigenvalue weighted by Gasteiger charge is 2.33. The highest BCUT2D eigenvalue weighted by atomic mass is 32.2. The lowest BCUT2D eigenvalue weighted by Crippen LogP contribution is -2.41. The lowest BCUT2D eigenvalue weighted by atomic mass is 9.98. The zero-order valence-electron chi connectivity index (χ0n) is 22.3. The number of carbonyl (C=O) groups excluding carboxylic acids is 2. The number of nitrogens with zero attached hydrogens (tertiary/aromatic N) is 3. The third-order valence-electron chi connectivity index (χ3n) is 7.13. The molecule has 0 spiro atoms. The fourth-order valence-corrected chi connectivity index (χ4v) is 6.55. The van der Waals surface area contributed by atoms with Crippen LogP contribution in [0.15, 0.2) is 17.2 Å². The minimum Gasteiger partial charge on any atom is -0.476 e. The van der Waals surface area contributed by atoms with E-state index in [1.165, 1.54) is 32.5 Å². The summed E-state index contributed by atoms with van der Waals surface area (Å²) in [6.45, 7) is 6.29. The fraction of sp³-hybridized carbons (Fsp3) is 0.577. The van der Waals surface area contributed by atoms with Crippen molar-refractivity contribution in [3.8, 4) is 5.88 Å². The minimum absolute atomic E-state index is 0.0693. The zero-order valence-corrected chi connectivity index (χ0v) is 23.1. The number of hydrogen-bond donors (Lipinski definition) is 2. The van der Waals surface area contributed by atoms with Gasteiger partial charge in [0.25, 0.3) is 10.0 Å². The molecule has 1 unspecified atom stereocenters. The largest absolute Gasteiger partial charge is 0.476 e. The van der Waals surface area contributed by atoms with Gasteiger partial charge in [0.05, 0.1) is 19.3 Å². The monoisotopic (exact) mass is 545 g/mol. The summed E-state index contributed by atoms with van der Waals surface area (Å²) in [6, 6.07) is 1.18. The van der Waals surface area contributed by atoms with Crippen LogP contribution in [0.1, 0.15) is 55.9 Å². The number of anilines is 1. The molecule has 3 aliphatic rings. The van der Waals surface area contributed by atoms with Crippen molar-refractivity contribution >= 4 is 27.8 Å². The lowest BCUT2D eigenvalue weighted by molar-refractivity contribution is 0.0232. The molecule has 1 aromatic heterocycles. The van der Waals surface area contributed by atoms with Crippen molar-refractivity contribution in [2.75, 3.05) is 25.5 Å². The van der Waals surface area contributed by atoms with E-state index in [1.807, 2.05) is 6.07 Å². The van der Waals surface area contributed by atoms with Crippen LogP contribution in [0.2, 0.25) is 0 Å². The number of benzene rings is 1. The van der Waals surface area contributed by atoms with Gasteiger partial charge in [0.2, 0.25) is 5.88 Å². The number of ether oxygens (including phenoxy) is 2. The smallest absolute Gasteiger partial charge is 0.410 e. The van der Waals surface area contributed by atoms with Crippen molar-refractivity contribution in [1.82, 2.24) is 19.4 Å². The number of urea groups is 1. The maximum atomic E-state index is 13.1. The second-order valence-corrected chi connectivity index (χ2v) is 13.0. The van der Waals surface area contributed by atoms with Gasteiger partial charge in [0.1, 0.15) is 5.60 Å². The first-order valence-corrected chi connectivity index (χ1v) is 14.5. The van der Waals surface area contributed by atoms with Crippen LogP contribution in [-0.4, -0.2) is 61.0 Å². The van der Waals surface area contributed by atoms with Crippen molar-refractivity contribution in [3.05, 3.63) is 34.5 Å². The average Bonchev–Trinajstić information content (AvgIpc) is 3.56. The first kappa shape index (κ1) is 26.3. The summed E-state index contributed by atoms with van der Waals surface area (Å²) >= 11 is 0. The second kappa shape index (κ2) is 9.79. The second-order valence-electron chi connectivity index (χ2n) is 11.3. The van der Waals surface area contributed by atoms with Crippen molar-refractivity contribution in [2.45, 2.75) is 76.3 Å². The maximum absolute atomic E-state index is 13.1. The molecule has 2 N–H and O–H groups in total. The molecule has 1 aromatic carbocycles. The van der Waals surface area contributed by atoms with Crippen LogP contribution in [0.25, 0.3) is 0 Å². The van der Waals surface area contributed by atoms with Gasteiger partial charge in [0.15, 0.2) is 4.90 Å². The van der Waals surface area contributed by atoms with E-state index in [9.17, 15) is 18.0 Å². The molecule has 1 aliphatic heterocycles. The molecule has 11 nitrogen and oxygen atoms in total. The highest BCUT2D eigenvalue weighted by molar-refractivity contribution is 7.90. The van der Waals surface area contributed by atoms with Crippen molar-refractivity contribution < 1.29 is 27.5 Å². The SMILES string of the molecule is CN(CC1COc2c(S(=O)(=O)NC(=O)Nc3cc4c(c5c3CCC5)CCC4)cnn2C1)C(=O)OC(C)(C)C. The average molecular weight is 546 g/mol. The topological polar surface area (TPSA) is 132 Å². The Morgan fingerprint density at radius 3 is 2.63 bits per heavy atom. The molecule has 206 valence electrons. The van der Waals surface area contributed by atoms with E-state index in [2.05, 4.69) is 15.1 Å². The number of aromatic nitrogens is 2. The van der Waals surface area contributed by atoms with Gasteiger partial charge in [-0.2, -0.15) is 5.10 Å². The summed E-state index contributed by atoms with van der Waals surface area (Å²) in [4.78, 5) is 26.4. The highest BCUT2D eigenvalue weighted by Crippen LogP contribution is 2.38. The first-order valence-electron chi connectivity index (χ1n) is 13.0. The third-order valence-corrected chi connectivity index (χ3v) is 8.45. The number of fused-ring (bicyclic) bond motifs is 4. The number of amides is 3. The molecule has 0 saturated heterocycles. The molecule has 0 bridgehead atoms. The fourth-order valence-electron chi connectivity index (χ4n) is 5.57. The van der Waals surface area contributed by atoms with Gasteiger partial charge in [-0.1, -0.05) is 0 Å². The van der Waals surface area contributed by atoms with E-state index < -0.39 is 27.7 Å². The Hall–Kier alpha value is -3.28. The van der Waals surface area contributed by atoms with Gasteiger partial charge in [-0.3, -0.25) is 0 Å². The van der Waals surface area contributed by atoms with Crippen LogP contribution in [0, 0.1) is 5.92 Å². The molecule has 3 amide bonds. The summed E-state index contributed by atoms with van der Waals surface area (Å²) in [6.07, 6.45) is 6.80. The van der Waals surface area contributed by atoms with Crippen molar-refractivity contribution in [2.24, 2.45) is 5.92 Å². The Kier molecular flexibility index (Phi) is 6.79. The van der Waals surface area contributed by atoms with Crippen LogP contribution < -0.4 is 14.8 Å². The number of hydrogen-bond acceptors (Lipinski definition) is 7. The van der Waals surface area contributed by atoms with Crippen LogP contribution >= 0.6 is 0 Å². The van der Waals surface area contributed by atoms with Gasteiger partial charge in [-0.15, -0.1) is 0 Å². The third kappa shape index (κ3) is 5.31. The lowest BCUT2D eigenvalue weighted by Gasteiger charge is -2.30. The minimum atomic E-state index is -4.23. The summed E-state index contributed by atoms with van der Waals surface area (Å²) in [5.41, 5.74) is 5.18. The van der Waals surface area contributed by atoms with E-state index in [1.54, 1.807) is 27.8 Å². The predicted octanol–water partition coefficient (Wildman–Crippen LogP) is 3.25. The van der Waals surface area contributed by atoms with Crippen LogP contribution in [0.4, 0.5) is 15.3 Å². The number of sulfonamides is 1. The normalized spacial score (nSPS) is 18.2. The van der Waals surface area contributed by atoms with E-state index in [-0.39, 0.29) is 23.3 Å². The van der Waals surface area contributed by atoms with Crippen LogP contribution in [-0.2, 0) is 47.0 Å². The molecule has 5 rings (SSSR count). The van der Waals surface area contributed by atoms with Crippen LogP contribution in [0.3, 0.4) is 0 Å². The molecule has 0 radical (unpaired) electrons. The first-order chi connectivity index (χ1) is 17.9. The van der Waals surface area contributed by atoms with Gasteiger partial charge in [-0.05, 0) is 87.6 Å². The molecule has 2 aliphatic carbocycles. The molecule has 1 atom stereocenters. The Bertz CT molecular complexity index is 1380. The summed E-state index contributed by atoms with van der Waals surface area (Å²) < 4.78 is 40.9. The van der Waals surface area contributed by atoms with E-state index in [0.29, 0.717) is 18.8 Å². The summed E-state index contributed by atoms with van der Waals surface area (Å²) in [5, 5.41) is 6.95. The van der Waals surface area contributed by atoms with E-state index in [4.69, 9.17) is 9.47 Å². The Morgan fingerprint density at radius 1 is 1.16 bits per heavy atom. The summed E-state index contributed by atoms with van der Waals surface area (Å²) in [5.74, 6) is -0.0477. The van der Waals surface area contributed by atoms with Crippen molar-refractivity contribution in [1.29, 1.82) is 0 Å². The number of carbonyl (C=O) groups is 2. The molecule has 2 aromatic rings. The van der Waals surface area contributed by atoms with Gasteiger partial charge >= 0.3 is 12.1 Å². The van der Waals surface area contributed by atoms with E-state index >= 15 is 0 Å². The zero-order chi connectivity index (χ0) is 27.2. The Morgan fingerprint density at radius 2 is 1.87 bits per heavy atom. The Balaban J connectivity index is 1.24. The molecular weight excluding hydrogens is 510 g/mol. The van der Waals surface area contributed by atoms with Crippen molar-refractivity contribution in [3.63, 3.8) is 0 Å². The van der Waals surface area contributed by atoms with Gasteiger partial charge < -0.3 is 19.7 Å². The number of aryl methyl sites for hydroxylation is 1. The number of rotatable bonds is 5. The number of nitrogens with one attached hydrogen (secondary N) is 2. The maximum Gasteiger partial charge on any atom is 0.410 e. The molecule has 0 fully saturated rings. The molecule has 38 heavy (non-hydrogen) atoms. The quantitative estimate of drug-likeness (QED) is 0.590.